The Labute approximate surface area is 184 Å². The number of hydrogen-bond acceptors (Lipinski definition) is 5. The average molecular weight is 520 g/mol. The molecule has 30 heavy (non-hydrogen) atoms. The van der Waals surface area contributed by atoms with Crippen LogP contribution in [0, 0.1) is 0 Å². The Balaban J connectivity index is 1.76. The topological polar surface area (TPSA) is 77.1 Å². The number of nitrogens with one attached hydrogen (secondary N) is 1. The minimum Gasteiger partial charge on any atom is -0.345 e. The number of carbonyl (C=O) groups is 1. The molecule has 1 amide bonds. The summed E-state index contributed by atoms with van der Waals surface area (Å²) < 4.78 is 43.8. The summed E-state index contributed by atoms with van der Waals surface area (Å²) in [5, 5.41) is 11.9. The normalized spacial score (nSPS) is 11.9. The number of rotatable bonds is 4. The first-order chi connectivity index (χ1) is 14.2. The van der Waals surface area contributed by atoms with Crippen LogP contribution in [0.4, 0.5) is 13.2 Å². The molecule has 4 rings (SSSR count). The molecular formula is C17H11BrClF3N6OS. The molecule has 0 spiro atoms. The molecular weight excluding hydrogens is 509 g/mol. The highest BCUT2D eigenvalue weighted by Crippen LogP contribution is 2.35. The fraction of sp³-hybridized carbons (Fsp3) is 0.176. The first-order valence-electron chi connectivity index (χ1n) is 8.31. The molecule has 0 aliphatic carbocycles. The summed E-state index contributed by atoms with van der Waals surface area (Å²) in [6.45, 7) is 0.0696. The van der Waals surface area contributed by atoms with Gasteiger partial charge >= 0.3 is 6.18 Å². The van der Waals surface area contributed by atoms with Crippen molar-refractivity contribution < 1.29 is 18.0 Å². The van der Waals surface area contributed by atoms with Crippen LogP contribution in [0.2, 0.25) is 5.02 Å². The van der Waals surface area contributed by atoms with E-state index in [9.17, 15) is 18.0 Å². The van der Waals surface area contributed by atoms with Gasteiger partial charge in [-0.1, -0.05) is 17.7 Å². The molecule has 0 aliphatic rings. The van der Waals surface area contributed by atoms with Crippen LogP contribution in [0.15, 0.2) is 34.2 Å². The van der Waals surface area contributed by atoms with E-state index in [2.05, 4.69) is 36.4 Å². The van der Waals surface area contributed by atoms with E-state index in [1.165, 1.54) is 11.3 Å². The van der Waals surface area contributed by atoms with E-state index in [1.807, 2.05) is 0 Å². The molecule has 0 saturated carbocycles. The molecule has 0 aliphatic heterocycles. The lowest BCUT2D eigenvalue weighted by atomic mass is 10.2. The molecule has 0 radical (unpaired) electrons. The highest BCUT2D eigenvalue weighted by molar-refractivity contribution is 9.10. The summed E-state index contributed by atoms with van der Waals surface area (Å²) in [4.78, 5) is 17.3. The Bertz CT molecular complexity index is 1230. The largest absolute Gasteiger partial charge is 0.433 e. The van der Waals surface area contributed by atoms with E-state index in [4.69, 9.17) is 11.6 Å². The second kappa shape index (κ2) is 7.67. The van der Waals surface area contributed by atoms with Crippen LogP contribution < -0.4 is 5.32 Å². The quantitative estimate of drug-likeness (QED) is 0.429. The first-order valence-corrected chi connectivity index (χ1v) is 10.4. The van der Waals surface area contributed by atoms with Crippen LogP contribution in [-0.4, -0.2) is 30.3 Å². The summed E-state index contributed by atoms with van der Waals surface area (Å²) in [5.41, 5.74) is -0.918. The summed E-state index contributed by atoms with van der Waals surface area (Å²) in [6.07, 6.45) is -3.17. The van der Waals surface area contributed by atoms with Crippen molar-refractivity contribution >= 4 is 50.4 Å². The van der Waals surface area contributed by atoms with Gasteiger partial charge in [-0.25, -0.2) is 9.50 Å². The maximum Gasteiger partial charge on any atom is 0.433 e. The van der Waals surface area contributed by atoms with Crippen molar-refractivity contribution in [3.05, 3.63) is 56.4 Å². The number of aromatic nitrogens is 5. The van der Waals surface area contributed by atoms with Gasteiger partial charge in [-0.05, 0) is 33.4 Å². The van der Waals surface area contributed by atoms with E-state index in [1.54, 1.807) is 35.4 Å². The summed E-state index contributed by atoms with van der Waals surface area (Å²) in [5.74, 6) is -0.732. The SMILES string of the molecule is Cn1ncc(Br)c1CNC(=O)c1nn2c(C(F)(F)F)cc(-c3cccs3)nc2c1Cl. The Morgan fingerprint density at radius 2 is 2.17 bits per heavy atom. The zero-order valence-corrected chi connectivity index (χ0v) is 18.2. The predicted octanol–water partition coefficient (Wildman–Crippen LogP) is 4.56. The van der Waals surface area contributed by atoms with E-state index in [0.29, 0.717) is 19.6 Å². The van der Waals surface area contributed by atoms with Crippen molar-refractivity contribution in [2.45, 2.75) is 12.7 Å². The van der Waals surface area contributed by atoms with E-state index < -0.39 is 17.8 Å². The van der Waals surface area contributed by atoms with Crippen molar-refractivity contribution in [1.82, 2.24) is 29.7 Å². The molecule has 13 heteroatoms. The molecule has 1 N–H and O–H groups in total. The number of fused-ring (bicyclic) bond motifs is 1. The van der Waals surface area contributed by atoms with Crippen LogP contribution in [-0.2, 0) is 19.8 Å². The molecule has 4 heterocycles. The summed E-state index contributed by atoms with van der Waals surface area (Å²) in [7, 11) is 1.69. The van der Waals surface area contributed by atoms with Gasteiger partial charge in [0.05, 0.1) is 33.5 Å². The van der Waals surface area contributed by atoms with Gasteiger partial charge in [0.1, 0.15) is 5.02 Å². The number of alkyl halides is 3. The van der Waals surface area contributed by atoms with Crippen LogP contribution in [0.25, 0.3) is 16.2 Å². The first kappa shape index (κ1) is 20.8. The summed E-state index contributed by atoms with van der Waals surface area (Å²) >= 11 is 10.8. The number of nitrogens with zero attached hydrogens (tertiary/aromatic N) is 5. The van der Waals surface area contributed by atoms with E-state index in [-0.39, 0.29) is 28.6 Å². The molecule has 0 saturated heterocycles. The Morgan fingerprint density at radius 1 is 1.40 bits per heavy atom. The maximum atomic E-state index is 13.7. The van der Waals surface area contributed by atoms with Crippen molar-refractivity contribution in [1.29, 1.82) is 0 Å². The minimum absolute atomic E-state index is 0.0696. The second-order valence-corrected chi connectivity index (χ2v) is 8.33. The molecule has 156 valence electrons. The third kappa shape index (κ3) is 3.70. The highest BCUT2D eigenvalue weighted by Gasteiger charge is 2.36. The highest BCUT2D eigenvalue weighted by atomic mass is 79.9. The van der Waals surface area contributed by atoms with Gasteiger partial charge in [0.2, 0.25) is 0 Å². The third-order valence-electron chi connectivity index (χ3n) is 4.24. The standard InChI is InChI=1S/C17H11BrClF3N6OS/c1-27-10(8(18)6-24-27)7-23-16(29)14-13(19)15-25-9(11-3-2-4-30-11)5-12(17(20,21)22)28(15)26-14/h2-6H,7H2,1H3,(H,23,29). The minimum atomic E-state index is -4.73. The Kier molecular flexibility index (Phi) is 5.32. The lowest BCUT2D eigenvalue weighted by Crippen LogP contribution is -2.25. The molecule has 4 aromatic rings. The molecule has 0 bridgehead atoms. The van der Waals surface area contributed by atoms with Crippen molar-refractivity contribution in [3.8, 4) is 10.6 Å². The van der Waals surface area contributed by atoms with Crippen LogP contribution in [0.1, 0.15) is 21.9 Å². The zero-order chi connectivity index (χ0) is 21.6. The van der Waals surface area contributed by atoms with E-state index in [0.717, 1.165) is 6.07 Å². The zero-order valence-electron chi connectivity index (χ0n) is 15.0. The van der Waals surface area contributed by atoms with Gasteiger partial charge in [0, 0.05) is 7.05 Å². The van der Waals surface area contributed by atoms with Crippen molar-refractivity contribution in [2.24, 2.45) is 7.05 Å². The molecule has 0 unspecified atom stereocenters. The fourth-order valence-electron chi connectivity index (χ4n) is 2.77. The van der Waals surface area contributed by atoms with Gasteiger partial charge in [-0.3, -0.25) is 9.48 Å². The lowest BCUT2D eigenvalue weighted by Gasteiger charge is -2.10. The number of aryl methyl sites for hydroxylation is 1. The van der Waals surface area contributed by atoms with Gasteiger partial charge in [-0.15, -0.1) is 11.3 Å². The number of thiophene rings is 1. The second-order valence-electron chi connectivity index (χ2n) is 6.15. The molecule has 4 aromatic heterocycles. The van der Waals surface area contributed by atoms with Crippen molar-refractivity contribution in [2.75, 3.05) is 0 Å². The van der Waals surface area contributed by atoms with Crippen molar-refractivity contribution in [3.63, 3.8) is 0 Å². The molecule has 0 atom stereocenters. The maximum absolute atomic E-state index is 13.7. The van der Waals surface area contributed by atoms with Gasteiger partial charge in [-0.2, -0.15) is 23.4 Å². The predicted molar refractivity (Wildman–Crippen MR) is 108 cm³/mol. The fourth-order valence-corrected chi connectivity index (χ4v) is 4.19. The van der Waals surface area contributed by atoms with E-state index >= 15 is 0 Å². The molecule has 0 aromatic carbocycles. The smallest absolute Gasteiger partial charge is 0.345 e. The molecule has 0 fully saturated rings. The van der Waals surface area contributed by atoms with Crippen LogP contribution in [0.3, 0.4) is 0 Å². The number of hydrogen-bond donors (Lipinski definition) is 1. The van der Waals surface area contributed by atoms with Crippen LogP contribution in [0.5, 0.6) is 0 Å². The van der Waals surface area contributed by atoms with Gasteiger partial charge in [0.15, 0.2) is 17.0 Å². The Morgan fingerprint density at radius 3 is 2.77 bits per heavy atom. The Hall–Kier alpha value is -2.44. The third-order valence-corrected chi connectivity index (χ3v) is 6.14. The number of amides is 1. The number of carbonyl (C=O) groups excluding carboxylic acids is 1. The number of halogens is 5. The monoisotopic (exact) mass is 518 g/mol. The lowest BCUT2D eigenvalue weighted by molar-refractivity contribution is -0.142. The summed E-state index contributed by atoms with van der Waals surface area (Å²) in [6, 6.07) is 4.23. The van der Waals surface area contributed by atoms with Gasteiger partial charge in [0.25, 0.3) is 5.91 Å². The average Bonchev–Trinajstić information content (AvgIpc) is 3.40. The molecule has 7 nitrogen and oxygen atoms in total. The van der Waals surface area contributed by atoms with Gasteiger partial charge < -0.3 is 5.32 Å². The van der Waals surface area contributed by atoms with Crippen LogP contribution >= 0.6 is 38.9 Å².